The first-order valence-electron chi connectivity index (χ1n) is 4.63. The first-order valence-corrected chi connectivity index (χ1v) is 6.24. The van der Waals surface area contributed by atoms with Gasteiger partial charge in [0, 0.05) is 31.6 Å². The molecular formula is C10H14BrNOS. The summed E-state index contributed by atoms with van der Waals surface area (Å²) in [5.74, 6) is 0. The van der Waals surface area contributed by atoms with E-state index in [1.807, 2.05) is 11.3 Å². The Balaban J connectivity index is 1.85. The lowest BCUT2D eigenvalue weighted by Crippen LogP contribution is -2.60. The molecule has 0 aliphatic carbocycles. The monoisotopic (exact) mass is 275 g/mol. The van der Waals surface area contributed by atoms with Crippen molar-refractivity contribution in [3.05, 3.63) is 20.8 Å². The van der Waals surface area contributed by atoms with Crippen LogP contribution in [0.2, 0.25) is 0 Å². The van der Waals surface area contributed by atoms with Gasteiger partial charge in [0.2, 0.25) is 0 Å². The molecule has 1 saturated heterocycles. The molecular weight excluding hydrogens is 262 g/mol. The van der Waals surface area contributed by atoms with Gasteiger partial charge >= 0.3 is 0 Å². The molecule has 1 aromatic heterocycles. The summed E-state index contributed by atoms with van der Waals surface area (Å²) < 4.78 is 6.61. The fourth-order valence-corrected chi connectivity index (χ4v) is 3.32. The SMILES string of the molecule is COC1(C)CN(Cc2ccc(Br)s2)C1. The number of thiophene rings is 1. The van der Waals surface area contributed by atoms with Gasteiger partial charge in [-0.25, -0.2) is 0 Å². The van der Waals surface area contributed by atoms with Crippen LogP contribution in [0, 0.1) is 0 Å². The zero-order chi connectivity index (χ0) is 10.2. The average molecular weight is 276 g/mol. The van der Waals surface area contributed by atoms with E-state index in [-0.39, 0.29) is 5.60 Å². The van der Waals surface area contributed by atoms with Crippen molar-refractivity contribution in [3.8, 4) is 0 Å². The van der Waals surface area contributed by atoms with Crippen molar-refractivity contribution in [1.82, 2.24) is 4.90 Å². The van der Waals surface area contributed by atoms with Gasteiger partial charge in [0.25, 0.3) is 0 Å². The van der Waals surface area contributed by atoms with Gasteiger partial charge in [0.1, 0.15) is 0 Å². The van der Waals surface area contributed by atoms with Crippen LogP contribution in [0.3, 0.4) is 0 Å². The van der Waals surface area contributed by atoms with Crippen molar-refractivity contribution in [2.24, 2.45) is 0 Å². The Kier molecular flexibility index (Phi) is 2.98. The summed E-state index contributed by atoms with van der Waals surface area (Å²) in [6, 6.07) is 4.28. The zero-order valence-corrected chi connectivity index (χ0v) is 10.8. The minimum Gasteiger partial charge on any atom is -0.376 e. The summed E-state index contributed by atoms with van der Waals surface area (Å²) in [5.41, 5.74) is 0.0918. The summed E-state index contributed by atoms with van der Waals surface area (Å²) >= 11 is 5.28. The average Bonchev–Trinajstić information content (AvgIpc) is 2.48. The Morgan fingerprint density at radius 1 is 1.57 bits per heavy atom. The number of hydrogen-bond acceptors (Lipinski definition) is 3. The van der Waals surface area contributed by atoms with Gasteiger partial charge in [0.15, 0.2) is 0 Å². The third-order valence-corrected chi connectivity index (χ3v) is 4.23. The third kappa shape index (κ3) is 2.19. The number of nitrogens with zero attached hydrogens (tertiary/aromatic N) is 1. The van der Waals surface area contributed by atoms with Gasteiger partial charge < -0.3 is 4.74 Å². The van der Waals surface area contributed by atoms with Crippen LogP contribution in [0.15, 0.2) is 15.9 Å². The first kappa shape index (κ1) is 10.6. The van der Waals surface area contributed by atoms with E-state index in [1.165, 1.54) is 8.66 Å². The molecule has 0 saturated carbocycles. The van der Waals surface area contributed by atoms with Crippen molar-refractivity contribution in [1.29, 1.82) is 0 Å². The zero-order valence-electron chi connectivity index (χ0n) is 8.42. The normalized spacial score (nSPS) is 20.8. The van der Waals surface area contributed by atoms with Gasteiger partial charge in [-0.3, -0.25) is 4.90 Å². The Morgan fingerprint density at radius 3 is 2.79 bits per heavy atom. The second kappa shape index (κ2) is 3.93. The van der Waals surface area contributed by atoms with E-state index >= 15 is 0 Å². The number of rotatable bonds is 3. The Labute approximate surface area is 97.0 Å². The molecule has 0 amide bonds. The lowest BCUT2D eigenvalue weighted by molar-refractivity contribution is -0.114. The quantitative estimate of drug-likeness (QED) is 0.841. The summed E-state index contributed by atoms with van der Waals surface area (Å²) in [6.07, 6.45) is 0. The predicted molar refractivity (Wildman–Crippen MR) is 62.7 cm³/mol. The van der Waals surface area contributed by atoms with Crippen molar-refractivity contribution >= 4 is 27.3 Å². The van der Waals surface area contributed by atoms with Gasteiger partial charge in [0.05, 0.1) is 9.39 Å². The maximum absolute atomic E-state index is 5.40. The molecule has 1 aliphatic rings. The van der Waals surface area contributed by atoms with E-state index < -0.39 is 0 Å². The van der Waals surface area contributed by atoms with E-state index in [2.05, 4.69) is 39.9 Å². The minimum atomic E-state index is 0.0918. The fraction of sp³-hybridized carbons (Fsp3) is 0.600. The number of hydrogen-bond donors (Lipinski definition) is 0. The number of likely N-dealkylation sites (tertiary alicyclic amines) is 1. The summed E-state index contributed by atoms with van der Waals surface area (Å²) in [5, 5.41) is 0. The maximum Gasteiger partial charge on any atom is 0.0903 e. The van der Waals surface area contributed by atoms with E-state index in [9.17, 15) is 0 Å². The lowest BCUT2D eigenvalue weighted by Gasteiger charge is -2.46. The van der Waals surface area contributed by atoms with E-state index in [1.54, 1.807) is 7.11 Å². The summed E-state index contributed by atoms with van der Waals surface area (Å²) in [4.78, 5) is 3.82. The highest BCUT2D eigenvalue weighted by Crippen LogP contribution is 2.29. The molecule has 1 fully saturated rings. The van der Waals surface area contributed by atoms with Crippen molar-refractivity contribution in [3.63, 3.8) is 0 Å². The van der Waals surface area contributed by atoms with Gasteiger partial charge in [-0.1, -0.05) is 0 Å². The van der Waals surface area contributed by atoms with Crippen LogP contribution in [0.4, 0.5) is 0 Å². The summed E-state index contributed by atoms with van der Waals surface area (Å²) in [7, 11) is 1.79. The highest BCUT2D eigenvalue weighted by atomic mass is 79.9. The smallest absolute Gasteiger partial charge is 0.0903 e. The molecule has 1 aromatic rings. The highest BCUT2D eigenvalue weighted by molar-refractivity contribution is 9.11. The van der Waals surface area contributed by atoms with Crippen molar-refractivity contribution < 1.29 is 4.74 Å². The molecule has 2 nitrogen and oxygen atoms in total. The number of methoxy groups -OCH3 is 1. The van der Waals surface area contributed by atoms with Crippen LogP contribution >= 0.6 is 27.3 Å². The fourth-order valence-electron chi connectivity index (χ4n) is 1.80. The number of halogens is 1. The molecule has 0 atom stereocenters. The van der Waals surface area contributed by atoms with E-state index in [0.717, 1.165) is 19.6 Å². The molecule has 78 valence electrons. The van der Waals surface area contributed by atoms with Crippen LogP contribution in [-0.2, 0) is 11.3 Å². The predicted octanol–water partition coefficient (Wildman–Crippen LogP) is 2.73. The Hall–Kier alpha value is 0.1000. The van der Waals surface area contributed by atoms with Crippen molar-refractivity contribution in [2.75, 3.05) is 20.2 Å². The molecule has 14 heavy (non-hydrogen) atoms. The molecule has 2 heterocycles. The number of ether oxygens (including phenoxy) is 1. The topological polar surface area (TPSA) is 12.5 Å². The summed E-state index contributed by atoms with van der Waals surface area (Å²) in [6.45, 7) is 5.29. The lowest BCUT2D eigenvalue weighted by atomic mass is 9.96. The molecule has 0 radical (unpaired) electrons. The second-order valence-electron chi connectivity index (χ2n) is 4.01. The van der Waals surface area contributed by atoms with Crippen LogP contribution in [0.1, 0.15) is 11.8 Å². The third-order valence-electron chi connectivity index (χ3n) is 2.62. The molecule has 0 aromatic carbocycles. The van der Waals surface area contributed by atoms with Crippen LogP contribution < -0.4 is 0 Å². The van der Waals surface area contributed by atoms with Gasteiger partial charge in [-0.2, -0.15) is 0 Å². The first-order chi connectivity index (χ1) is 6.61. The Bertz CT molecular complexity index is 320. The molecule has 4 heteroatoms. The van der Waals surface area contributed by atoms with E-state index in [4.69, 9.17) is 4.74 Å². The standard InChI is InChI=1S/C10H14BrNOS/c1-10(13-2)6-12(7-10)5-8-3-4-9(11)14-8/h3-4H,5-7H2,1-2H3. The molecule has 2 rings (SSSR count). The van der Waals surface area contributed by atoms with Gasteiger partial charge in [-0.15, -0.1) is 11.3 Å². The van der Waals surface area contributed by atoms with Crippen LogP contribution in [0.5, 0.6) is 0 Å². The largest absolute Gasteiger partial charge is 0.376 e. The molecule has 0 N–H and O–H groups in total. The molecule has 0 bridgehead atoms. The van der Waals surface area contributed by atoms with Crippen LogP contribution in [-0.4, -0.2) is 30.7 Å². The van der Waals surface area contributed by atoms with Crippen LogP contribution in [0.25, 0.3) is 0 Å². The minimum absolute atomic E-state index is 0.0918. The second-order valence-corrected chi connectivity index (χ2v) is 6.55. The van der Waals surface area contributed by atoms with Gasteiger partial charge in [-0.05, 0) is 35.0 Å². The highest BCUT2D eigenvalue weighted by Gasteiger charge is 2.38. The Morgan fingerprint density at radius 2 is 2.29 bits per heavy atom. The van der Waals surface area contributed by atoms with E-state index in [0.29, 0.717) is 0 Å². The molecule has 0 spiro atoms. The molecule has 0 unspecified atom stereocenters. The maximum atomic E-state index is 5.40. The molecule has 1 aliphatic heterocycles. The van der Waals surface area contributed by atoms with Crippen molar-refractivity contribution in [2.45, 2.75) is 19.1 Å².